The van der Waals surface area contributed by atoms with Crippen LogP contribution in [0.2, 0.25) is 16.6 Å². The molecule has 0 bridgehead atoms. The molecule has 1 atom stereocenters. The van der Waals surface area contributed by atoms with Crippen LogP contribution in [0.15, 0.2) is 70.1 Å². The fourth-order valence-corrected chi connectivity index (χ4v) is 13.1. The summed E-state index contributed by atoms with van der Waals surface area (Å²) < 4.78 is 34.5. The normalized spacial score (nSPS) is 12.7. The Balaban J connectivity index is 1.88. The molecule has 7 nitrogen and oxygen atoms in total. The molecule has 10 heteroatoms. The fourth-order valence-electron chi connectivity index (χ4n) is 6.90. The summed E-state index contributed by atoms with van der Waals surface area (Å²) in [7, 11) is -2.16. The molecular weight excluding hydrogens is 691 g/mol. The van der Waals surface area contributed by atoms with E-state index < -0.39 is 19.8 Å². The van der Waals surface area contributed by atoms with E-state index in [0.717, 1.165) is 16.7 Å². The van der Waals surface area contributed by atoms with Crippen molar-refractivity contribution in [3.05, 3.63) is 104 Å². The maximum Gasteiger partial charge on any atom is 0.347 e. The number of benzene rings is 2. The molecule has 4 rings (SSSR count). The van der Waals surface area contributed by atoms with Gasteiger partial charge in [0.15, 0.2) is 19.6 Å². The molecule has 2 heterocycles. The van der Waals surface area contributed by atoms with Crippen molar-refractivity contribution >= 4 is 41.3 Å². The topological polar surface area (TPSA) is 79.7 Å². The Morgan fingerprint density at radius 1 is 0.938 bits per heavy atom. The third-order valence-corrected chi connectivity index (χ3v) is 16.0. The number of aromatic nitrogens is 2. The number of hydrogen-bond donors (Lipinski definition) is 0. The van der Waals surface area contributed by atoms with Gasteiger partial charge in [-0.05, 0) is 74.2 Å². The van der Waals surface area contributed by atoms with Crippen molar-refractivity contribution < 1.29 is 23.1 Å². The zero-order valence-electron chi connectivity index (χ0n) is 29.3. The van der Waals surface area contributed by atoms with Gasteiger partial charge in [-0.3, -0.25) is 9.78 Å². The zero-order valence-corrected chi connectivity index (χ0v) is 31.9. The first-order valence-corrected chi connectivity index (χ1v) is 19.7. The second kappa shape index (κ2) is 16.4. The van der Waals surface area contributed by atoms with Gasteiger partial charge in [0.2, 0.25) is 0 Å². The standard InChI is InChI=1S/C38H48BrFN2O5Si/c1-9-45-38(44)32-36(46-23-29-13-11-10-12-14-29)34-35(33(39)30(20-41-34)19-28-15-17-31(40)18-16-28)42(37(32)43)21-27(8)22-47-48(24(2)3,25(4)5)26(6)7/h10-18,20,24-27H,9,19,21-23H2,1-8H3. The summed E-state index contributed by atoms with van der Waals surface area (Å²) in [4.78, 5) is 32.8. The van der Waals surface area contributed by atoms with E-state index in [1.165, 1.54) is 12.1 Å². The molecule has 0 amide bonds. The number of carbonyl (C=O) groups excluding carboxylic acids is 1. The summed E-state index contributed by atoms with van der Waals surface area (Å²) in [5, 5.41) is 0. The van der Waals surface area contributed by atoms with Gasteiger partial charge in [0, 0.05) is 30.2 Å². The number of carbonyl (C=O) groups is 1. The molecule has 258 valence electrons. The van der Waals surface area contributed by atoms with Crippen LogP contribution < -0.4 is 10.3 Å². The lowest BCUT2D eigenvalue weighted by Crippen LogP contribution is -2.48. The fraction of sp³-hybridized carbons (Fsp3) is 0.447. The van der Waals surface area contributed by atoms with Crippen LogP contribution in [-0.4, -0.2) is 37.1 Å². The molecule has 2 aromatic carbocycles. The largest absolute Gasteiger partial charge is 0.485 e. The van der Waals surface area contributed by atoms with E-state index >= 15 is 0 Å². The van der Waals surface area contributed by atoms with Crippen LogP contribution in [0.25, 0.3) is 11.0 Å². The van der Waals surface area contributed by atoms with Crippen molar-refractivity contribution in [2.45, 2.75) is 91.6 Å². The predicted molar refractivity (Wildman–Crippen MR) is 196 cm³/mol. The molecule has 0 radical (unpaired) electrons. The van der Waals surface area contributed by atoms with E-state index in [-0.39, 0.29) is 42.8 Å². The Morgan fingerprint density at radius 2 is 1.56 bits per heavy atom. The lowest BCUT2D eigenvalue weighted by Gasteiger charge is -2.42. The quantitative estimate of drug-likeness (QED) is 0.0893. The van der Waals surface area contributed by atoms with Gasteiger partial charge in [-0.1, -0.05) is 90.9 Å². The van der Waals surface area contributed by atoms with Gasteiger partial charge in [0.1, 0.15) is 17.9 Å². The summed E-state index contributed by atoms with van der Waals surface area (Å²) >= 11 is 3.81. The second-order valence-corrected chi connectivity index (χ2v) is 19.7. The molecule has 48 heavy (non-hydrogen) atoms. The Labute approximate surface area is 293 Å². The summed E-state index contributed by atoms with van der Waals surface area (Å²) in [6.45, 7) is 18.2. The Morgan fingerprint density at radius 3 is 2.15 bits per heavy atom. The molecule has 1 unspecified atom stereocenters. The van der Waals surface area contributed by atoms with Crippen LogP contribution in [0.1, 0.15) is 82.4 Å². The van der Waals surface area contributed by atoms with Crippen LogP contribution in [0.5, 0.6) is 5.75 Å². The molecule has 0 aliphatic carbocycles. The van der Waals surface area contributed by atoms with Crippen molar-refractivity contribution in [1.29, 1.82) is 0 Å². The highest BCUT2D eigenvalue weighted by Gasteiger charge is 2.45. The van der Waals surface area contributed by atoms with E-state index in [4.69, 9.17) is 18.9 Å². The minimum atomic E-state index is -2.16. The number of esters is 1. The molecule has 0 saturated heterocycles. The average Bonchev–Trinajstić information content (AvgIpc) is 3.04. The van der Waals surface area contributed by atoms with Crippen molar-refractivity contribution in [3.8, 4) is 5.75 Å². The Hall–Kier alpha value is -3.34. The Kier molecular flexibility index (Phi) is 12.8. The first-order valence-electron chi connectivity index (χ1n) is 16.8. The van der Waals surface area contributed by atoms with E-state index in [9.17, 15) is 14.0 Å². The molecule has 0 fully saturated rings. The minimum absolute atomic E-state index is 0.0761. The molecule has 0 saturated carbocycles. The van der Waals surface area contributed by atoms with Crippen molar-refractivity contribution in [1.82, 2.24) is 9.55 Å². The number of hydrogen-bond acceptors (Lipinski definition) is 6. The molecular formula is C38H48BrFN2O5Si. The van der Waals surface area contributed by atoms with Gasteiger partial charge < -0.3 is 18.5 Å². The van der Waals surface area contributed by atoms with Gasteiger partial charge in [-0.2, -0.15) is 0 Å². The van der Waals surface area contributed by atoms with Crippen LogP contribution in [0.4, 0.5) is 4.39 Å². The number of fused-ring (bicyclic) bond motifs is 1. The number of pyridine rings is 2. The summed E-state index contributed by atoms with van der Waals surface area (Å²) in [6, 6.07) is 15.8. The molecule has 0 aliphatic heterocycles. The van der Waals surface area contributed by atoms with Crippen LogP contribution in [-0.2, 0) is 28.7 Å². The zero-order chi connectivity index (χ0) is 35.2. The van der Waals surface area contributed by atoms with Gasteiger partial charge >= 0.3 is 5.97 Å². The van der Waals surface area contributed by atoms with Crippen LogP contribution in [0.3, 0.4) is 0 Å². The van der Waals surface area contributed by atoms with Gasteiger partial charge in [0.05, 0.1) is 12.1 Å². The highest BCUT2D eigenvalue weighted by Crippen LogP contribution is 2.42. The maximum atomic E-state index is 14.5. The third-order valence-electron chi connectivity index (χ3n) is 9.07. The summed E-state index contributed by atoms with van der Waals surface area (Å²) in [6.07, 6.45) is 2.15. The van der Waals surface area contributed by atoms with Gasteiger partial charge in [-0.15, -0.1) is 0 Å². The number of rotatable bonds is 15. The SMILES string of the molecule is CCOC(=O)c1c(OCc2ccccc2)c2ncc(Cc3ccc(F)cc3)c(Br)c2n(CC(C)CO[Si](C(C)C)(C(C)C)C(C)C)c1=O. The number of nitrogens with zero attached hydrogens (tertiary/aromatic N) is 2. The lowest BCUT2D eigenvalue weighted by atomic mass is 10.0. The third kappa shape index (κ3) is 8.09. The average molecular weight is 740 g/mol. The summed E-state index contributed by atoms with van der Waals surface area (Å²) in [5.74, 6) is -1.07. The lowest BCUT2D eigenvalue weighted by molar-refractivity contribution is 0.0518. The monoisotopic (exact) mass is 738 g/mol. The van der Waals surface area contributed by atoms with E-state index in [1.54, 1.807) is 29.8 Å². The van der Waals surface area contributed by atoms with Crippen LogP contribution >= 0.6 is 15.9 Å². The van der Waals surface area contributed by atoms with E-state index in [1.807, 2.05) is 30.3 Å². The van der Waals surface area contributed by atoms with E-state index in [0.29, 0.717) is 45.2 Å². The molecule has 4 aromatic rings. The first kappa shape index (κ1) is 37.5. The number of halogens is 2. The molecule has 2 aromatic heterocycles. The van der Waals surface area contributed by atoms with Crippen molar-refractivity contribution in [3.63, 3.8) is 0 Å². The summed E-state index contributed by atoms with van der Waals surface area (Å²) in [5.41, 5.74) is 3.98. The minimum Gasteiger partial charge on any atom is -0.485 e. The molecule has 0 N–H and O–H groups in total. The van der Waals surface area contributed by atoms with Gasteiger partial charge in [-0.25, -0.2) is 9.18 Å². The number of ether oxygens (including phenoxy) is 2. The first-order chi connectivity index (χ1) is 22.8. The van der Waals surface area contributed by atoms with E-state index in [2.05, 4.69) is 64.4 Å². The highest BCUT2D eigenvalue weighted by molar-refractivity contribution is 9.10. The molecule has 0 spiro atoms. The van der Waals surface area contributed by atoms with Crippen molar-refractivity contribution in [2.24, 2.45) is 5.92 Å². The Bertz CT molecular complexity index is 1740. The van der Waals surface area contributed by atoms with Crippen LogP contribution in [0, 0.1) is 11.7 Å². The maximum absolute atomic E-state index is 14.5. The van der Waals surface area contributed by atoms with Crippen molar-refractivity contribution in [2.75, 3.05) is 13.2 Å². The highest BCUT2D eigenvalue weighted by atomic mass is 79.9. The smallest absolute Gasteiger partial charge is 0.347 e. The van der Waals surface area contributed by atoms with Gasteiger partial charge in [0.25, 0.3) is 5.56 Å². The predicted octanol–water partition coefficient (Wildman–Crippen LogP) is 9.47. The second-order valence-electron chi connectivity index (χ2n) is 13.4. The molecule has 0 aliphatic rings.